The van der Waals surface area contributed by atoms with E-state index in [4.69, 9.17) is 11.6 Å². The maximum absolute atomic E-state index is 12.1. The average molecular weight is 393 g/mol. The molecule has 1 heterocycles. The maximum Gasteiger partial charge on any atom is 0.296 e. The number of nitrogens with zero attached hydrogens (tertiary/aromatic N) is 2. The van der Waals surface area contributed by atoms with E-state index in [1.807, 2.05) is 19.1 Å². The molecule has 0 saturated carbocycles. The number of aromatic hydroxyl groups is 1. The van der Waals surface area contributed by atoms with Gasteiger partial charge in [0, 0.05) is 9.86 Å². The van der Waals surface area contributed by atoms with Crippen molar-refractivity contribution < 1.29 is 9.90 Å². The molecular weight excluding hydrogens is 382 g/mol. The van der Waals surface area contributed by atoms with Gasteiger partial charge in [0.1, 0.15) is 0 Å². The number of hydrogen-bond acceptors (Lipinski definition) is 3. The fourth-order valence-electron chi connectivity index (χ4n) is 2.20. The van der Waals surface area contributed by atoms with Gasteiger partial charge >= 0.3 is 0 Å². The van der Waals surface area contributed by atoms with E-state index < -0.39 is 5.91 Å². The van der Waals surface area contributed by atoms with Crippen molar-refractivity contribution in [3.8, 4) is 5.88 Å². The Hall–Kier alpha value is -2.18. The number of hydrogen-bond donors (Lipinski definition) is 2. The molecule has 2 aromatic carbocycles. The maximum atomic E-state index is 12.1. The third-order valence-corrected chi connectivity index (χ3v) is 4.75. The van der Waals surface area contributed by atoms with Gasteiger partial charge in [-0.25, -0.2) is 0 Å². The highest BCUT2D eigenvalue weighted by molar-refractivity contribution is 9.10. The number of carbonyl (C=O) groups is 1. The summed E-state index contributed by atoms with van der Waals surface area (Å²) in [7, 11) is 0. The van der Waals surface area contributed by atoms with Crippen molar-refractivity contribution in [2.75, 3.05) is 0 Å². The molecule has 0 radical (unpaired) electrons. The van der Waals surface area contributed by atoms with Crippen molar-refractivity contribution in [3.05, 3.63) is 57.0 Å². The normalized spacial score (nSPS) is 11.4. The molecule has 3 rings (SSSR count). The van der Waals surface area contributed by atoms with Gasteiger partial charge in [-0.1, -0.05) is 29.8 Å². The number of benzene rings is 2. The van der Waals surface area contributed by atoms with Gasteiger partial charge in [0.05, 0.1) is 16.1 Å². The highest BCUT2D eigenvalue weighted by atomic mass is 79.9. The van der Waals surface area contributed by atoms with E-state index in [0.29, 0.717) is 15.9 Å². The first-order valence-corrected chi connectivity index (χ1v) is 7.86. The Balaban J connectivity index is 2.05. The second kappa shape index (κ2) is 6.14. The Bertz CT molecular complexity index is 950. The second-order valence-electron chi connectivity index (χ2n) is 4.93. The van der Waals surface area contributed by atoms with Crippen LogP contribution in [0.4, 0.5) is 5.69 Å². The largest absolute Gasteiger partial charge is 0.493 e. The number of nitrogens with one attached hydrogen (secondary N) is 1. The lowest BCUT2D eigenvalue weighted by molar-refractivity contribution is 0.0995. The molecule has 1 aromatic heterocycles. The van der Waals surface area contributed by atoms with E-state index in [-0.39, 0.29) is 17.1 Å². The van der Waals surface area contributed by atoms with E-state index >= 15 is 0 Å². The van der Waals surface area contributed by atoms with Gasteiger partial charge in [0.25, 0.3) is 5.91 Å². The number of amides is 1. The topological polar surface area (TPSA) is 77.8 Å². The molecular formula is C16H11BrClN3O2. The SMILES string of the molecule is Cc1ccc2[nH]c(O)c(N=NC(=O)c3ccccc3Cl)c2c1Br. The molecule has 0 aliphatic heterocycles. The smallest absolute Gasteiger partial charge is 0.296 e. The Kier molecular flexibility index (Phi) is 4.19. The van der Waals surface area contributed by atoms with Crippen LogP contribution in [-0.4, -0.2) is 16.0 Å². The third-order valence-electron chi connectivity index (χ3n) is 3.39. The lowest BCUT2D eigenvalue weighted by Gasteiger charge is -2.00. The van der Waals surface area contributed by atoms with Crippen LogP contribution in [0.25, 0.3) is 10.9 Å². The zero-order chi connectivity index (χ0) is 16.6. The van der Waals surface area contributed by atoms with Gasteiger partial charge in [0.2, 0.25) is 5.88 Å². The van der Waals surface area contributed by atoms with Crippen molar-refractivity contribution in [2.45, 2.75) is 6.92 Å². The van der Waals surface area contributed by atoms with Gasteiger partial charge < -0.3 is 10.1 Å². The lowest BCUT2D eigenvalue weighted by atomic mass is 10.1. The Morgan fingerprint density at radius 1 is 1.26 bits per heavy atom. The van der Waals surface area contributed by atoms with Crippen molar-refractivity contribution in [2.24, 2.45) is 10.2 Å². The van der Waals surface area contributed by atoms with Crippen LogP contribution in [0.3, 0.4) is 0 Å². The first-order chi connectivity index (χ1) is 11.0. The van der Waals surface area contributed by atoms with Crippen LogP contribution in [0, 0.1) is 6.92 Å². The van der Waals surface area contributed by atoms with Gasteiger partial charge in [-0.05, 0) is 46.6 Å². The Morgan fingerprint density at radius 3 is 2.74 bits per heavy atom. The number of fused-ring (bicyclic) bond motifs is 1. The van der Waals surface area contributed by atoms with E-state index in [2.05, 4.69) is 31.1 Å². The molecule has 116 valence electrons. The summed E-state index contributed by atoms with van der Waals surface area (Å²) in [5, 5.41) is 18.6. The zero-order valence-corrected chi connectivity index (χ0v) is 14.3. The van der Waals surface area contributed by atoms with E-state index in [0.717, 1.165) is 10.0 Å². The highest BCUT2D eigenvalue weighted by Gasteiger charge is 2.16. The summed E-state index contributed by atoms with van der Waals surface area (Å²) in [6.45, 7) is 1.92. The van der Waals surface area contributed by atoms with Crippen LogP contribution < -0.4 is 0 Å². The molecule has 7 heteroatoms. The van der Waals surface area contributed by atoms with Gasteiger partial charge in [-0.2, -0.15) is 0 Å². The summed E-state index contributed by atoms with van der Waals surface area (Å²) < 4.78 is 0.783. The van der Waals surface area contributed by atoms with Gasteiger partial charge in [-0.3, -0.25) is 4.79 Å². The fraction of sp³-hybridized carbons (Fsp3) is 0.0625. The molecule has 23 heavy (non-hydrogen) atoms. The standard InChI is InChI=1S/C16H11BrClN3O2/c1-8-6-7-11-12(13(8)17)14(16(23)19-11)20-21-15(22)9-4-2-3-5-10(9)18/h2-7,19,23H,1H3. The van der Waals surface area contributed by atoms with E-state index in [1.54, 1.807) is 24.3 Å². The Morgan fingerprint density at radius 2 is 2.00 bits per heavy atom. The molecule has 0 fully saturated rings. The molecule has 3 aromatic rings. The van der Waals surface area contributed by atoms with Crippen molar-refractivity contribution in [1.82, 2.24) is 4.98 Å². The van der Waals surface area contributed by atoms with Crippen LogP contribution in [0.5, 0.6) is 5.88 Å². The zero-order valence-electron chi connectivity index (χ0n) is 12.0. The molecule has 5 nitrogen and oxygen atoms in total. The van der Waals surface area contributed by atoms with Crippen molar-refractivity contribution in [3.63, 3.8) is 0 Å². The molecule has 0 aliphatic carbocycles. The summed E-state index contributed by atoms with van der Waals surface area (Å²) in [5.74, 6) is -0.727. The molecule has 0 bridgehead atoms. The predicted octanol–water partition coefficient (Wildman–Crippen LogP) is 5.52. The predicted molar refractivity (Wildman–Crippen MR) is 92.7 cm³/mol. The summed E-state index contributed by atoms with van der Waals surface area (Å²) in [6.07, 6.45) is 0. The van der Waals surface area contributed by atoms with Crippen LogP contribution in [0.2, 0.25) is 5.02 Å². The summed E-state index contributed by atoms with van der Waals surface area (Å²) in [6, 6.07) is 10.3. The van der Waals surface area contributed by atoms with Crippen LogP contribution in [0.15, 0.2) is 51.1 Å². The minimum absolute atomic E-state index is 0.151. The van der Waals surface area contributed by atoms with Crippen molar-refractivity contribution >= 4 is 50.0 Å². The van der Waals surface area contributed by atoms with E-state index in [1.165, 1.54) is 0 Å². The second-order valence-corrected chi connectivity index (χ2v) is 6.13. The van der Waals surface area contributed by atoms with Gasteiger partial charge in [-0.15, -0.1) is 10.2 Å². The lowest BCUT2D eigenvalue weighted by Crippen LogP contribution is -1.94. The molecule has 0 spiro atoms. The highest BCUT2D eigenvalue weighted by Crippen LogP contribution is 2.41. The molecule has 0 saturated heterocycles. The van der Waals surface area contributed by atoms with E-state index in [9.17, 15) is 9.90 Å². The summed E-state index contributed by atoms with van der Waals surface area (Å²) in [4.78, 5) is 14.9. The molecule has 0 atom stereocenters. The van der Waals surface area contributed by atoms with Crippen LogP contribution in [0.1, 0.15) is 15.9 Å². The number of carbonyl (C=O) groups excluding carboxylic acids is 1. The number of H-pyrrole nitrogens is 1. The monoisotopic (exact) mass is 391 g/mol. The number of aromatic amines is 1. The Labute approximate surface area is 145 Å². The third kappa shape index (κ3) is 2.87. The number of aromatic nitrogens is 1. The first kappa shape index (κ1) is 15.7. The van der Waals surface area contributed by atoms with Crippen molar-refractivity contribution in [1.29, 1.82) is 0 Å². The quantitative estimate of drug-likeness (QED) is 0.563. The van der Waals surface area contributed by atoms with Crippen LogP contribution in [-0.2, 0) is 0 Å². The minimum Gasteiger partial charge on any atom is -0.493 e. The molecule has 0 aliphatic rings. The molecule has 1 amide bonds. The number of halogens is 2. The average Bonchev–Trinajstić information content (AvgIpc) is 2.85. The summed E-state index contributed by atoms with van der Waals surface area (Å²) >= 11 is 9.44. The minimum atomic E-state index is -0.576. The number of azo groups is 1. The van der Waals surface area contributed by atoms with Gasteiger partial charge in [0.15, 0.2) is 5.69 Å². The first-order valence-electron chi connectivity index (χ1n) is 6.69. The number of rotatable bonds is 2. The summed E-state index contributed by atoms with van der Waals surface area (Å²) in [5.41, 5.74) is 2.13. The van der Waals surface area contributed by atoms with Crippen LogP contribution >= 0.6 is 27.5 Å². The number of aryl methyl sites for hydroxylation is 1. The fourth-order valence-corrected chi connectivity index (χ4v) is 2.95. The molecule has 0 unspecified atom stereocenters. The molecule has 2 N–H and O–H groups in total.